The third-order valence-corrected chi connectivity index (χ3v) is 8.59. The highest BCUT2D eigenvalue weighted by atomic mass is 32.2. The van der Waals surface area contributed by atoms with Crippen LogP contribution in [-0.2, 0) is 24.1 Å². The Labute approximate surface area is 195 Å². The summed E-state index contributed by atoms with van der Waals surface area (Å²) in [6, 6.07) is 10.4. The van der Waals surface area contributed by atoms with Crippen molar-refractivity contribution in [3.05, 3.63) is 52.2 Å². The topological polar surface area (TPSA) is 63.4 Å². The number of thioether (sulfide) groups is 1. The van der Waals surface area contributed by atoms with E-state index in [9.17, 15) is 4.79 Å². The molecule has 1 fully saturated rings. The van der Waals surface area contributed by atoms with Gasteiger partial charge >= 0.3 is 0 Å². The minimum Gasteiger partial charge on any atom is -0.342 e. The van der Waals surface area contributed by atoms with Crippen molar-refractivity contribution in [3.63, 3.8) is 0 Å². The minimum absolute atomic E-state index is 0.191. The molecule has 0 unspecified atom stereocenters. The lowest BCUT2D eigenvalue weighted by molar-refractivity contribution is -0.127. The number of nitrogens with zero attached hydrogens (tertiary/aromatic N) is 5. The molecule has 0 radical (unpaired) electrons. The fraction of sp³-hybridized carbons (Fsp3) is 0.417. The van der Waals surface area contributed by atoms with E-state index in [1.165, 1.54) is 46.0 Å². The normalized spacial score (nSPS) is 16.2. The van der Waals surface area contributed by atoms with Gasteiger partial charge in [0.1, 0.15) is 10.7 Å². The number of thiophene rings is 1. The summed E-state index contributed by atoms with van der Waals surface area (Å²) in [5, 5.41) is 11.1. The van der Waals surface area contributed by atoms with Crippen LogP contribution < -0.4 is 0 Å². The maximum Gasteiger partial charge on any atom is 0.233 e. The van der Waals surface area contributed by atoms with E-state index in [4.69, 9.17) is 4.98 Å². The average molecular weight is 464 g/mol. The Morgan fingerprint density at radius 1 is 1.03 bits per heavy atom. The van der Waals surface area contributed by atoms with Crippen molar-refractivity contribution in [1.29, 1.82) is 0 Å². The van der Waals surface area contributed by atoms with E-state index >= 15 is 0 Å². The highest BCUT2D eigenvalue weighted by Gasteiger charge is 2.25. The Hall–Kier alpha value is -2.45. The molecule has 3 aromatic heterocycles. The summed E-state index contributed by atoms with van der Waals surface area (Å²) in [5.74, 6) is 1.53. The van der Waals surface area contributed by atoms with Crippen molar-refractivity contribution in [2.24, 2.45) is 0 Å². The molecule has 4 aromatic rings. The molecule has 1 amide bonds. The molecule has 0 N–H and O–H groups in total. The van der Waals surface area contributed by atoms with Gasteiger partial charge in [-0.15, -0.1) is 21.5 Å². The molecule has 8 heteroatoms. The number of aryl methyl sites for hydroxylation is 2. The zero-order chi connectivity index (χ0) is 21.5. The molecule has 0 atom stereocenters. The van der Waals surface area contributed by atoms with Crippen molar-refractivity contribution >= 4 is 44.9 Å². The van der Waals surface area contributed by atoms with Crippen molar-refractivity contribution < 1.29 is 4.79 Å². The van der Waals surface area contributed by atoms with Crippen molar-refractivity contribution in [2.75, 3.05) is 18.8 Å². The van der Waals surface area contributed by atoms with Crippen LogP contribution in [0, 0.1) is 0 Å². The Morgan fingerprint density at radius 2 is 1.84 bits per heavy atom. The molecule has 1 saturated heterocycles. The van der Waals surface area contributed by atoms with Gasteiger partial charge in [-0.3, -0.25) is 9.20 Å². The number of aromatic nitrogens is 4. The van der Waals surface area contributed by atoms with Crippen molar-refractivity contribution in [3.8, 4) is 0 Å². The number of carbonyl (C=O) groups is 1. The lowest BCUT2D eigenvalue weighted by atomic mass is 9.97. The summed E-state index contributed by atoms with van der Waals surface area (Å²) in [6.07, 6.45) is 7.62. The van der Waals surface area contributed by atoms with Gasteiger partial charge in [0.2, 0.25) is 5.91 Å². The van der Waals surface area contributed by atoms with E-state index in [2.05, 4.69) is 38.9 Å². The number of carbonyl (C=O) groups excluding carboxylic acids is 1. The van der Waals surface area contributed by atoms with Crippen molar-refractivity contribution in [2.45, 2.75) is 50.1 Å². The predicted octanol–water partition coefficient (Wildman–Crippen LogP) is 4.52. The van der Waals surface area contributed by atoms with E-state index < -0.39 is 0 Å². The van der Waals surface area contributed by atoms with E-state index in [-0.39, 0.29) is 5.91 Å². The number of rotatable bonds is 5. The first-order valence-electron chi connectivity index (χ1n) is 11.4. The molecular weight excluding hydrogens is 438 g/mol. The summed E-state index contributed by atoms with van der Waals surface area (Å²) in [6.45, 7) is 1.75. The summed E-state index contributed by atoms with van der Waals surface area (Å²) in [5.41, 5.74) is 3.52. The van der Waals surface area contributed by atoms with Crippen LogP contribution in [0.25, 0.3) is 15.9 Å². The van der Waals surface area contributed by atoms with Crippen LogP contribution in [0.4, 0.5) is 0 Å². The highest BCUT2D eigenvalue weighted by Crippen LogP contribution is 2.38. The number of hydrogen-bond donors (Lipinski definition) is 0. The molecule has 2 aliphatic rings. The Balaban J connectivity index is 1.44. The van der Waals surface area contributed by atoms with Gasteiger partial charge in [0.25, 0.3) is 0 Å². The zero-order valence-electron chi connectivity index (χ0n) is 17.9. The first kappa shape index (κ1) is 20.2. The molecule has 1 aromatic carbocycles. The Morgan fingerprint density at radius 3 is 2.69 bits per heavy atom. The van der Waals surface area contributed by atoms with Gasteiger partial charge < -0.3 is 4.90 Å². The average Bonchev–Trinajstić information content (AvgIpc) is 3.56. The molecule has 6 rings (SSSR count). The van der Waals surface area contributed by atoms with Crippen LogP contribution in [0.5, 0.6) is 0 Å². The molecule has 0 spiro atoms. The molecular formula is C24H25N5OS2. The summed E-state index contributed by atoms with van der Waals surface area (Å²) < 4.78 is 2.11. The first-order valence-corrected chi connectivity index (χ1v) is 13.2. The lowest BCUT2D eigenvalue weighted by Gasteiger charge is -2.14. The largest absolute Gasteiger partial charge is 0.342 e. The second kappa shape index (κ2) is 8.48. The number of benzene rings is 1. The van der Waals surface area contributed by atoms with Crippen LogP contribution in [0.15, 0.2) is 35.5 Å². The van der Waals surface area contributed by atoms with Crippen LogP contribution in [0.3, 0.4) is 0 Å². The lowest BCUT2D eigenvalue weighted by Crippen LogP contribution is -2.29. The molecule has 4 heterocycles. The van der Waals surface area contributed by atoms with Crippen LogP contribution in [0.1, 0.15) is 47.5 Å². The van der Waals surface area contributed by atoms with E-state index in [1.807, 2.05) is 22.3 Å². The molecule has 6 nitrogen and oxygen atoms in total. The summed E-state index contributed by atoms with van der Waals surface area (Å²) in [7, 11) is 0. The van der Waals surface area contributed by atoms with Gasteiger partial charge in [-0.05, 0) is 49.7 Å². The second-order valence-electron chi connectivity index (χ2n) is 8.60. The van der Waals surface area contributed by atoms with E-state index in [0.29, 0.717) is 12.2 Å². The van der Waals surface area contributed by atoms with Crippen LogP contribution >= 0.6 is 23.1 Å². The molecule has 1 aliphatic heterocycles. The Bertz CT molecular complexity index is 1290. The maximum atomic E-state index is 12.6. The quantitative estimate of drug-likeness (QED) is 0.407. The number of amides is 1. The molecule has 0 saturated carbocycles. The molecule has 32 heavy (non-hydrogen) atoms. The van der Waals surface area contributed by atoms with E-state index in [1.54, 1.807) is 0 Å². The standard InChI is InChI=1S/C24H25N5OS2/c30-20(28-12-6-7-13-28)15-31-24-27-26-22-21-17-10-4-5-11-18(17)32-23(21)25-19(29(22)24)14-16-8-2-1-3-9-16/h1-3,8-9H,4-7,10-15H2. The maximum absolute atomic E-state index is 12.6. The Kier molecular flexibility index (Phi) is 5.35. The predicted molar refractivity (Wildman–Crippen MR) is 129 cm³/mol. The van der Waals surface area contributed by atoms with Gasteiger partial charge in [0.15, 0.2) is 10.8 Å². The molecule has 164 valence electrons. The summed E-state index contributed by atoms with van der Waals surface area (Å²) in [4.78, 5) is 22.3. The number of hydrogen-bond acceptors (Lipinski definition) is 6. The van der Waals surface area contributed by atoms with Gasteiger partial charge in [0.05, 0.1) is 11.1 Å². The third-order valence-electron chi connectivity index (χ3n) is 6.49. The minimum atomic E-state index is 0.191. The fourth-order valence-electron chi connectivity index (χ4n) is 4.87. The third kappa shape index (κ3) is 3.59. The first-order chi connectivity index (χ1) is 15.8. The molecule has 0 bridgehead atoms. The monoisotopic (exact) mass is 463 g/mol. The number of fused-ring (bicyclic) bond motifs is 5. The van der Waals surface area contributed by atoms with Crippen molar-refractivity contribution in [1.82, 2.24) is 24.5 Å². The van der Waals surface area contributed by atoms with Gasteiger partial charge in [-0.2, -0.15) is 0 Å². The second-order valence-corrected chi connectivity index (χ2v) is 10.6. The van der Waals surface area contributed by atoms with Crippen LogP contribution in [-0.4, -0.2) is 49.2 Å². The molecule has 1 aliphatic carbocycles. The summed E-state index contributed by atoms with van der Waals surface area (Å²) >= 11 is 3.31. The van der Waals surface area contributed by atoms with E-state index in [0.717, 1.165) is 60.2 Å². The number of likely N-dealkylation sites (tertiary alicyclic amines) is 1. The highest BCUT2D eigenvalue weighted by molar-refractivity contribution is 7.99. The van der Waals surface area contributed by atoms with Gasteiger partial charge in [-0.25, -0.2) is 4.98 Å². The smallest absolute Gasteiger partial charge is 0.233 e. The zero-order valence-corrected chi connectivity index (χ0v) is 19.6. The van der Waals surface area contributed by atoms with Gasteiger partial charge in [0, 0.05) is 24.4 Å². The van der Waals surface area contributed by atoms with Gasteiger partial charge in [-0.1, -0.05) is 42.1 Å². The SMILES string of the molecule is O=C(CSc1nnc2c3c4c(sc3nc(Cc3ccccc3)n12)CCCC4)N1CCCC1. The fourth-order valence-corrected chi connectivity index (χ4v) is 7.00. The van der Waals surface area contributed by atoms with Crippen LogP contribution in [0.2, 0.25) is 0 Å².